The number of hydrogen-bond donors (Lipinski definition) is 2. The first-order valence-electron chi connectivity index (χ1n) is 10.6. The van der Waals surface area contributed by atoms with E-state index in [1.807, 2.05) is 31.2 Å². The van der Waals surface area contributed by atoms with Crippen molar-refractivity contribution in [2.75, 3.05) is 6.54 Å². The quantitative estimate of drug-likeness (QED) is 0.708. The molecule has 7 heteroatoms. The molecule has 1 aliphatic rings. The minimum absolute atomic E-state index is 0.0256. The van der Waals surface area contributed by atoms with E-state index in [1.165, 1.54) is 0 Å². The van der Waals surface area contributed by atoms with E-state index in [2.05, 4.69) is 12.2 Å². The van der Waals surface area contributed by atoms with E-state index in [9.17, 15) is 13.2 Å². The molecule has 3 rings (SSSR count). The molecule has 168 valence electrons. The number of nitrogens with one attached hydrogen (secondary N) is 1. The molecule has 0 aliphatic heterocycles. The SMILES string of the molecule is CCc1ccc([C@@H]2[C@@H](S(=O)(=O)c3ccc(C)cc3)[C@@]2(CN)NC(=O)OC(C)(C)C)cc1. The molecular weight excluding hydrogens is 412 g/mol. The van der Waals surface area contributed by atoms with Crippen molar-refractivity contribution < 1.29 is 17.9 Å². The van der Waals surface area contributed by atoms with E-state index in [-0.39, 0.29) is 11.4 Å². The molecule has 3 atom stereocenters. The smallest absolute Gasteiger partial charge is 0.408 e. The maximum Gasteiger partial charge on any atom is 0.408 e. The number of sulfone groups is 1. The standard InChI is InChI=1S/C24H32N2O4S/c1-6-17-9-11-18(12-10-17)20-21(31(28,29)19-13-7-16(2)8-14-19)24(20,15-25)26-22(27)30-23(3,4)5/h7-14,20-21H,6,15,25H2,1-5H3,(H,26,27)/t20-,21-,24+/m1/s1. The number of carbonyl (C=O) groups excluding carboxylic acids is 1. The largest absolute Gasteiger partial charge is 0.444 e. The monoisotopic (exact) mass is 444 g/mol. The Morgan fingerprint density at radius 3 is 2.16 bits per heavy atom. The van der Waals surface area contributed by atoms with Crippen LogP contribution in [0.4, 0.5) is 4.79 Å². The molecule has 2 aromatic carbocycles. The van der Waals surface area contributed by atoms with Gasteiger partial charge in [0.05, 0.1) is 10.4 Å². The predicted molar refractivity (Wildman–Crippen MR) is 122 cm³/mol. The van der Waals surface area contributed by atoms with Crippen molar-refractivity contribution in [3.8, 4) is 0 Å². The van der Waals surface area contributed by atoms with Crippen LogP contribution in [0.3, 0.4) is 0 Å². The van der Waals surface area contributed by atoms with E-state index >= 15 is 0 Å². The number of benzene rings is 2. The molecule has 0 heterocycles. The molecule has 0 bridgehead atoms. The van der Waals surface area contributed by atoms with Crippen molar-refractivity contribution in [1.82, 2.24) is 5.32 Å². The fraction of sp³-hybridized carbons (Fsp3) is 0.458. The second-order valence-electron chi connectivity index (χ2n) is 9.22. The number of amides is 1. The van der Waals surface area contributed by atoms with Crippen LogP contribution in [0, 0.1) is 6.92 Å². The average molecular weight is 445 g/mol. The molecule has 2 aromatic rings. The Bertz CT molecular complexity index is 1040. The van der Waals surface area contributed by atoms with Crippen molar-refractivity contribution in [2.45, 2.75) is 68.2 Å². The minimum Gasteiger partial charge on any atom is -0.444 e. The van der Waals surface area contributed by atoms with Gasteiger partial charge in [0.2, 0.25) is 0 Å². The van der Waals surface area contributed by atoms with Gasteiger partial charge in [-0.25, -0.2) is 13.2 Å². The van der Waals surface area contributed by atoms with Gasteiger partial charge in [-0.15, -0.1) is 0 Å². The summed E-state index contributed by atoms with van der Waals surface area (Å²) in [7, 11) is -3.75. The van der Waals surface area contributed by atoms with Gasteiger partial charge in [0.1, 0.15) is 10.9 Å². The number of hydrogen-bond acceptors (Lipinski definition) is 5. The predicted octanol–water partition coefficient (Wildman–Crippen LogP) is 3.72. The summed E-state index contributed by atoms with van der Waals surface area (Å²) in [5, 5.41) is 1.94. The lowest BCUT2D eigenvalue weighted by Crippen LogP contribution is -2.49. The maximum absolute atomic E-state index is 13.6. The maximum atomic E-state index is 13.6. The summed E-state index contributed by atoms with van der Waals surface area (Å²) in [6.07, 6.45) is 0.212. The van der Waals surface area contributed by atoms with Crippen molar-refractivity contribution in [3.05, 3.63) is 65.2 Å². The highest BCUT2D eigenvalue weighted by Gasteiger charge is 2.71. The second-order valence-corrected chi connectivity index (χ2v) is 11.3. The lowest BCUT2D eigenvalue weighted by Gasteiger charge is -2.24. The molecule has 1 fully saturated rings. The average Bonchev–Trinajstić information content (AvgIpc) is 3.36. The van der Waals surface area contributed by atoms with E-state index in [1.54, 1.807) is 45.0 Å². The van der Waals surface area contributed by atoms with Crippen LogP contribution in [0.1, 0.15) is 50.3 Å². The third kappa shape index (κ3) is 4.62. The Morgan fingerprint density at radius 1 is 1.10 bits per heavy atom. The van der Waals surface area contributed by atoms with Crippen molar-refractivity contribution in [1.29, 1.82) is 0 Å². The van der Waals surface area contributed by atoms with Crippen LogP contribution < -0.4 is 11.1 Å². The molecule has 1 aliphatic carbocycles. The second kappa shape index (κ2) is 8.28. The van der Waals surface area contributed by atoms with Crippen molar-refractivity contribution >= 4 is 15.9 Å². The summed E-state index contributed by atoms with van der Waals surface area (Å²) in [5.41, 5.74) is 7.23. The molecular formula is C24H32N2O4S. The zero-order valence-corrected chi connectivity index (χ0v) is 19.6. The molecule has 0 saturated heterocycles. The molecule has 0 aromatic heterocycles. The third-order valence-corrected chi connectivity index (χ3v) is 8.05. The van der Waals surface area contributed by atoms with Crippen LogP contribution in [0.2, 0.25) is 0 Å². The Balaban J connectivity index is 2.03. The third-order valence-electron chi connectivity index (χ3n) is 5.76. The number of aryl methyl sites for hydroxylation is 2. The van der Waals surface area contributed by atoms with Gasteiger partial charge < -0.3 is 15.8 Å². The molecule has 3 N–H and O–H groups in total. The number of rotatable bonds is 6. The fourth-order valence-electron chi connectivity index (χ4n) is 4.10. The van der Waals surface area contributed by atoms with Crippen molar-refractivity contribution in [3.63, 3.8) is 0 Å². The molecule has 0 radical (unpaired) electrons. The summed E-state index contributed by atoms with van der Waals surface area (Å²) in [6.45, 7) is 9.22. The van der Waals surface area contributed by atoms with Gasteiger partial charge in [-0.1, -0.05) is 48.9 Å². The van der Waals surface area contributed by atoms with Gasteiger partial charge in [-0.3, -0.25) is 0 Å². The molecule has 0 unspecified atom stereocenters. The topological polar surface area (TPSA) is 98.5 Å². The van der Waals surface area contributed by atoms with E-state index in [0.29, 0.717) is 0 Å². The van der Waals surface area contributed by atoms with Crippen LogP contribution in [-0.2, 0) is 21.0 Å². The van der Waals surface area contributed by atoms with Gasteiger partial charge in [0, 0.05) is 12.5 Å². The number of nitrogens with two attached hydrogens (primary N) is 1. The normalized spacial score (nSPS) is 23.3. The van der Waals surface area contributed by atoms with Gasteiger partial charge >= 0.3 is 6.09 Å². The first-order valence-corrected chi connectivity index (χ1v) is 12.1. The Kier molecular flexibility index (Phi) is 6.22. The molecule has 31 heavy (non-hydrogen) atoms. The fourth-order valence-corrected chi connectivity index (χ4v) is 6.45. The molecule has 0 spiro atoms. The summed E-state index contributed by atoms with van der Waals surface area (Å²) in [4.78, 5) is 12.8. The Morgan fingerprint density at radius 2 is 1.68 bits per heavy atom. The van der Waals surface area contributed by atoms with Crippen LogP contribution >= 0.6 is 0 Å². The van der Waals surface area contributed by atoms with Crippen LogP contribution in [0.15, 0.2) is 53.4 Å². The van der Waals surface area contributed by atoms with Crippen LogP contribution in [-0.4, -0.2) is 37.4 Å². The zero-order valence-electron chi connectivity index (χ0n) is 18.8. The van der Waals surface area contributed by atoms with Gasteiger partial charge in [-0.2, -0.15) is 0 Å². The number of alkyl carbamates (subject to hydrolysis) is 1. The lowest BCUT2D eigenvalue weighted by atomic mass is 10.0. The summed E-state index contributed by atoms with van der Waals surface area (Å²) in [6, 6.07) is 14.6. The first kappa shape index (κ1) is 23.3. The number of carbonyl (C=O) groups is 1. The highest BCUT2D eigenvalue weighted by molar-refractivity contribution is 7.92. The molecule has 1 saturated carbocycles. The molecule has 6 nitrogen and oxygen atoms in total. The number of ether oxygens (including phenoxy) is 1. The lowest BCUT2D eigenvalue weighted by molar-refractivity contribution is 0.0497. The molecule has 1 amide bonds. The first-order chi connectivity index (χ1) is 14.4. The Hall–Kier alpha value is -2.38. The van der Waals surface area contributed by atoms with Crippen LogP contribution in [0.25, 0.3) is 0 Å². The van der Waals surface area contributed by atoms with Gasteiger partial charge in [-0.05, 0) is 57.4 Å². The Labute approximate surface area is 185 Å². The highest BCUT2D eigenvalue weighted by atomic mass is 32.2. The summed E-state index contributed by atoms with van der Waals surface area (Å²) in [5.74, 6) is -0.470. The van der Waals surface area contributed by atoms with Gasteiger partial charge in [0.25, 0.3) is 0 Å². The summed E-state index contributed by atoms with van der Waals surface area (Å²) >= 11 is 0. The van der Waals surface area contributed by atoms with E-state index < -0.39 is 38.2 Å². The van der Waals surface area contributed by atoms with Gasteiger partial charge in [0.15, 0.2) is 9.84 Å². The summed E-state index contributed by atoms with van der Waals surface area (Å²) < 4.78 is 32.6. The van der Waals surface area contributed by atoms with E-state index in [4.69, 9.17) is 10.5 Å². The minimum atomic E-state index is -3.75. The van der Waals surface area contributed by atoms with Crippen molar-refractivity contribution in [2.24, 2.45) is 5.73 Å². The van der Waals surface area contributed by atoms with Crippen LogP contribution in [0.5, 0.6) is 0 Å². The van der Waals surface area contributed by atoms with E-state index in [0.717, 1.165) is 23.1 Å². The highest BCUT2D eigenvalue weighted by Crippen LogP contribution is 2.57. The zero-order chi connectivity index (χ0) is 23.0.